The van der Waals surface area contributed by atoms with Gasteiger partial charge in [0.05, 0.1) is 30.8 Å². The minimum Gasteiger partial charge on any atom is -0.491 e. The zero-order valence-corrected chi connectivity index (χ0v) is 26.9. The van der Waals surface area contributed by atoms with Gasteiger partial charge in [-0.05, 0) is 61.6 Å². The van der Waals surface area contributed by atoms with Gasteiger partial charge in [0.25, 0.3) is 5.91 Å². The molecule has 0 spiro atoms. The van der Waals surface area contributed by atoms with Crippen molar-refractivity contribution in [2.24, 2.45) is 0 Å². The van der Waals surface area contributed by atoms with Crippen molar-refractivity contribution >= 4 is 17.8 Å². The van der Waals surface area contributed by atoms with Crippen LogP contribution in [0.5, 0.6) is 17.2 Å². The van der Waals surface area contributed by atoms with Crippen LogP contribution in [0.2, 0.25) is 0 Å². The third kappa shape index (κ3) is 7.86. The number of benzene rings is 3. The fourth-order valence-corrected chi connectivity index (χ4v) is 6.16. The van der Waals surface area contributed by atoms with Crippen molar-refractivity contribution in [1.82, 2.24) is 20.9 Å². The number of hydrogen-bond donors (Lipinski definition) is 3. The molecule has 11 heteroatoms. The van der Waals surface area contributed by atoms with Gasteiger partial charge in [0.15, 0.2) is 0 Å². The Kier molecular flexibility index (Phi) is 9.93. The summed E-state index contributed by atoms with van der Waals surface area (Å²) < 4.78 is 23.5. The molecule has 0 radical (unpaired) electrons. The Morgan fingerprint density at radius 3 is 2.57 bits per heavy atom. The second kappa shape index (κ2) is 14.4. The van der Waals surface area contributed by atoms with Crippen LogP contribution in [0.4, 0.5) is 4.79 Å². The lowest BCUT2D eigenvalue weighted by molar-refractivity contribution is -0.139. The molecule has 1 saturated carbocycles. The van der Waals surface area contributed by atoms with E-state index >= 15 is 0 Å². The van der Waals surface area contributed by atoms with Gasteiger partial charge in [0.2, 0.25) is 5.91 Å². The highest BCUT2D eigenvalue weighted by Gasteiger charge is 2.53. The molecule has 0 unspecified atom stereocenters. The van der Waals surface area contributed by atoms with Gasteiger partial charge in [-0.2, -0.15) is 0 Å². The van der Waals surface area contributed by atoms with Gasteiger partial charge in [0, 0.05) is 44.9 Å². The summed E-state index contributed by atoms with van der Waals surface area (Å²) in [7, 11) is 1.59. The minimum atomic E-state index is -0.483. The summed E-state index contributed by atoms with van der Waals surface area (Å²) in [5.41, 5.74) is 2.96. The maximum Gasteiger partial charge on any atom is 0.315 e. The lowest BCUT2D eigenvalue weighted by atomic mass is 9.91. The standard InChI is InChI=1S/C36H42N4O7/c1-24-6-8-27(9-7-24)36(11-12-36)34(42)40-15-10-31-32(22-40)46-23-25-4-3-5-28(18-25)47-30-20-26(19-29(21-30)45-17-16-44-2)33(41)37-13-14-38-35(43)39-31/h3-9,18-21,31-32H,10-17,22-23H2,1-2H3,(H,37,41)(H2,38,39,43)/t31-,32-/m0/s1. The fourth-order valence-electron chi connectivity index (χ4n) is 6.16. The molecule has 6 rings (SSSR count). The molecule has 47 heavy (non-hydrogen) atoms. The number of rotatable bonds is 6. The number of carbonyl (C=O) groups is 3. The number of fused-ring (bicyclic) bond motifs is 5. The van der Waals surface area contributed by atoms with E-state index in [-0.39, 0.29) is 43.6 Å². The predicted molar refractivity (Wildman–Crippen MR) is 175 cm³/mol. The second-order valence-corrected chi connectivity index (χ2v) is 12.4. The molecule has 4 bridgehead atoms. The van der Waals surface area contributed by atoms with E-state index in [1.54, 1.807) is 25.3 Å². The van der Waals surface area contributed by atoms with Gasteiger partial charge in [-0.1, -0.05) is 42.0 Å². The molecule has 1 aliphatic carbocycles. The number of aryl methyl sites for hydroxylation is 1. The number of methoxy groups -OCH3 is 1. The molecule has 0 aromatic heterocycles. The summed E-state index contributed by atoms with van der Waals surface area (Å²) in [5.74, 6) is 1.26. The van der Waals surface area contributed by atoms with Gasteiger partial charge in [-0.15, -0.1) is 0 Å². The highest BCUT2D eigenvalue weighted by molar-refractivity contribution is 5.95. The van der Waals surface area contributed by atoms with E-state index in [0.29, 0.717) is 55.5 Å². The zero-order valence-electron chi connectivity index (χ0n) is 26.9. The molecule has 11 nitrogen and oxygen atoms in total. The topological polar surface area (TPSA) is 127 Å². The Morgan fingerprint density at radius 2 is 1.79 bits per heavy atom. The molecule has 2 atom stereocenters. The number of amides is 4. The average molecular weight is 643 g/mol. The summed E-state index contributed by atoms with van der Waals surface area (Å²) >= 11 is 0. The number of nitrogens with one attached hydrogen (secondary N) is 3. The first-order chi connectivity index (χ1) is 22.8. The van der Waals surface area contributed by atoms with Gasteiger partial charge in [-0.25, -0.2) is 4.79 Å². The SMILES string of the molecule is COCCOc1cc2cc(c1)C(=O)NCCNC(=O)N[C@H]1CCN(C(=O)C3(c4ccc(C)cc4)CC3)C[C@@H]1OCc1cccc(c1)O2. The smallest absolute Gasteiger partial charge is 0.315 e. The monoisotopic (exact) mass is 642 g/mol. The average Bonchev–Trinajstić information content (AvgIpc) is 3.88. The van der Waals surface area contributed by atoms with E-state index in [1.165, 1.54) is 0 Å². The Labute approximate surface area is 274 Å². The van der Waals surface area contributed by atoms with Crippen LogP contribution in [0.3, 0.4) is 0 Å². The molecule has 2 fully saturated rings. The van der Waals surface area contributed by atoms with Gasteiger partial charge >= 0.3 is 6.03 Å². The number of urea groups is 1. The number of hydrogen-bond acceptors (Lipinski definition) is 7. The third-order valence-corrected chi connectivity index (χ3v) is 8.92. The number of likely N-dealkylation sites (tertiary alicyclic amines) is 1. The first kappa shape index (κ1) is 32.3. The predicted octanol–water partition coefficient (Wildman–Crippen LogP) is 4.07. The lowest BCUT2D eigenvalue weighted by Crippen LogP contribution is -2.59. The van der Waals surface area contributed by atoms with Crippen molar-refractivity contribution in [2.45, 2.75) is 50.4 Å². The number of nitrogens with zero attached hydrogens (tertiary/aromatic N) is 1. The Morgan fingerprint density at radius 1 is 0.979 bits per heavy atom. The molecule has 2 heterocycles. The van der Waals surface area contributed by atoms with Gasteiger partial charge < -0.3 is 39.8 Å². The maximum absolute atomic E-state index is 13.9. The first-order valence-electron chi connectivity index (χ1n) is 16.2. The molecule has 3 N–H and O–H groups in total. The van der Waals surface area contributed by atoms with Crippen molar-refractivity contribution in [3.05, 3.63) is 89.0 Å². The quantitative estimate of drug-likeness (QED) is 0.346. The van der Waals surface area contributed by atoms with Gasteiger partial charge in [0.1, 0.15) is 23.9 Å². The largest absolute Gasteiger partial charge is 0.491 e. The number of piperidine rings is 1. The summed E-state index contributed by atoms with van der Waals surface area (Å²) in [6.45, 7) is 4.32. The van der Waals surface area contributed by atoms with Crippen molar-refractivity contribution < 1.29 is 33.3 Å². The lowest BCUT2D eigenvalue weighted by Gasteiger charge is -2.40. The molecular formula is C36H42N4O7. The van der Waals surface area contributed by atoms with Crippen molar-refractivity contribution in [3.8, 4) is 17.2 Å². The van der Waals surface area contributed by atoms with E-state index < -0.39 is 11.5 Å². The number of carbonyl (C=O) groups excluding carboxylic acids is 3. The van der Waals surface area contributed by atoms with Crippen LogP contribution in [-0.4, -0.2) is 81.4 Å². The second-order valence-electron chi connectivity index (χ2n) is 12.4. The normalized spacial score (nSPS) is 21.0. The van der Waals surface area contributed by atoms with Crippen LogP contribution in [0.1, 0.15) is 46.3 Å². The summed E-state index contributed by atoms with van der Waals surface area (Å²) in [5, 5.41) is 8.72. The zero-order chi connectivity index (χ0) is 32.8. The van der Waals surface area contributed by atoms with Crippen molar-refractivity contribution in [2.75, 3.05) is 46.5 Å². The molecule has 4 amide bonds. The Bertz CT molecular complexity index is 1590. The van der Waals surface area contributed by atoms with Gasteiger partial charge in [-0.3, -0.25) is 9.59 Å². The molecular weight excluding hydrogens is 600 g/mol. The fraction of sp³-hybridized carbons (Fsp3) is 0.417. The van der Waals surface area contributed by atoms with Crippen LogP contribution >= 0.6 is 0 Å². The Hall–Kier alpha value is -4.61. The van der Waals surface area contributed by atoms with Crippen LogP contribution in [0.15, 0.2) is 66.7 Å². The molecule has 3 aromatic rings. The van der Waals surface area contributed by atoms with E-state index in [2.05, 4.69) is 40.2 Å². The molecule has 248 valence electrons. The number of ether oxygens (including phenoxy) is 4. The summed E-state index contributed by atoms with van der Waals surface area (Å²) in [6, 6.07) is 20.1. The van der Waals surface area contributed by atoms with Crippen molar-refractivity contribution in [1.29, 1.82) is 0 Å². The minimum absolute atomic E-state index is 0.117. The molecule has 3 aromatic carbocycles. The van der Waals surface area contributed by atoms with E-state index in [1.807, 2.05) is 36.1 Å². The Balaban J connectivity index is 1.21. The van der Waals surface area contributed by atoms with Crippen LogP contribution in [-0.2, 0) is 26.3 Å². The van der Waals surface area contributed by atoms with E-state index in [9.17, 15) is 14.4 Å². The highest BCUT2D eigenvalue weighted by atomic mass is 16.5. The summed E-state index contributed by atoms with van der Waals surface area (Å²) in [6.07, 6.45) is 1.78. The van der Waals surface area contributed by atoms with Crippen LogP contribution in [0.25, 0.3) is 0 Å². The van der Waals surface area contributed by atoms with E-state index in [4.69, 9.17) is 18.9 Å². The van der Waals surface area contributed by atoms with Crippen LogP contribution in [0, 0.1) is 6.92 Å². The highest BCUT2D eigenvalue weighted by Crippen LogP contribution is 2.50. The first-order valence-corrected chi connectivity index (χ1v) is 16.2. The van der Waals surface area contributed by atoms with E-state index in [0.717, 1.165) is 29.5 Å². The molecule has 3 aliphatic rings. The molecule has 2 aliphatic heterocycles. The summed E-state index contributed by atoms with van der Waals surface area (Å²) in [4.78, 5) is 41.8. The van der Waals surface area contributed by atoms with Crippen molar-refractivity contribution in [3.63, 3.8) is 0 Å². The van der Waals surface area contributed by atoms with Crippen LogP contribution < -0.4 is 25.4 Å². The maximum atomic E-state index is 13.9. The molecule has 1 saturated heterocycles. The third-order valence-electron chi connectivity index (χ3n) is 8.92.